The van der Waals surface area contributed by atoms with Crippen molar-refractivity contribution in [3.63, 3.8) is 0 Å². The van der Waals surface area contributed by atoms with Crippen molar-refractivity contribution in [1.29, 1.82) is 0 Å². The minimum absolute atomic E-state index is 0.0328. The Bertz CT molecular complexity index is 333. The molecule has 1 aliphatic heterocycles. The number of hydrogen-bond acceptors (Lipinski definition) is 3. The summed E-state index contributed by atoms with van der Waals surface area (Å²) in [5.74, 6) is 0.476. The van der Waals surface area contributed by atoms with Gasteiger partial charge in [-0.2, -0.15) is 0 Å². The molecule has 0 aromatic rings. The number of carbonyl (C=O) groups is 1. The van der Waals surface area contributed by atoms with E-state index in [1.165, 1.54) is 11.8 Å². The summed E-state index contributed by atoms with van der Waals surface area (Å²) in [6.07, 6.45) is 9.74. The number of amides is 1. The van der Waals surface area contributed by atoms with Crippen LogP contribution >= 0.6 is 24.0 Å². The molecule has 0 spiro atoms. The van der Waals surface area contributed by atoms with Gasteiger partial charge in [0, 0.05) is 0 Å². The molecule has 2 aliphatic rings. The second-order valence-corrected chi connectivity index (χ2v) is 5.14. The van der Waals surface area contributed by atoms with E-state index in [0.29, 0.717) is 10.2 Å². The fourth-order valence-corrected chi connectivity index (χ4v) is 2.73. The van der Waals surface area contributed by atoms with Gasteiger partial charge in [0.05, 0.1) is 4.91 Å². The van der Waals surface area contributed by atoms with Crippen molar-refractivity contribution in [2.45, 2.75) is 19.3 Å². The fraction of sp³-hybridized carbons (Fsp3) is 0.400. The van der Waals surface area contributed by atoms with Crippen molar-refractivity contribution in [3.8, 4) is 0 Å². The van der Waals surface area contributed by atoms with Crippen molar-refractivity contribution in [2.24, 2.45) is 5.92 Å². The summed E-state index contributed by atoms with van der Waals surface area (Å²) < 4.78 is 0.576. The molecule has 1 heterocycles. The Hall–Kier alpha value is -0.610. The standard InChI is InChI=1S/C10H11NOS2/c12-9-8(14-10(13)11-9)6-7-4-2-1-3-5-7/h1-2,6-7H,3-5H2,(H,11,12,13)/b8-6+/t7-/m0/s1. The third kappa shape index (κ3) is 2.25. The molecule has 0 aromatic heterocycles. The number of allylic oxidation sites excluding steroid dienone is 3. The van der Waals surface area contributed by atoms with Gasteiger partial charge in [0.15, 0.2) is 0 Å². The average Bonchev–Trinajstić information content (AvgIpc) is 2.47. The Morgan fingerprint density at radius 1 is 1.57 bits per heavy atom. The molecular weight excluding hydrogens is 214 g/mol. The first-order valence-corrected chi connectivity index (χ1v) is 5.88. The lowest BCUT2D eigenvalue weighted by Crippen LogP contribution is -2.18. The SMILES string of the molecule is O=C1NC(=S)S/C1=C/[C@H]1CC=CCC1. The molecule has 0 aromatic carbocycles. The van der Waals surface area contributed by atoms with E-state index in [0.717, 1.165) is 24.2 Å². The molecule has 0 bridgehead atoms. The lowest BCUT2D eigenvalue weighted by atomic mass is 9.94. The van der Waals surface area contributed by atoms with E-state index in [-0.39, 0.29) is 5.91 Å². The summed E-state index contributed by atoms with van der Waals surface area (Å²) in [5.41, 5.74) is 0. The highest BCUT2D eigenvalue weighted by atomic mass is 32.2. The van der Waals surface area contributed by atoms with Gasteiger partial charge < -0.3 is 5.32 Å². The monoisotopic (exact) mass is 225 g/mol. The van der Waals surface area contributed by atoms with Crippen LogP contribution in [0.15, 0.2) is 23.1 Å². The van der Waals surface area contributed by atoms with Crippen LogP contribution in [0.5, 0.6) is 0 Å². The highest BCUT2D eigenvalue weighted by Crippen LogP contribution is 2.28. The van der Waals surface area contributed by atoms with Gasteiger partial charge in [-0.05, 0) is 25.2 Å². The van der Waals surface area contributed by atoms with Gasteiger partial charge in [0.25, 0.3) is 5.91 Å². The molecule has 1 amide bonds. The molecule has 0 radical (unpaired) electrons. The van der Waals surface area contributed by atoms with Gasteiger partial charge in [0.2, 0.25) is 0 Å². The van der Waals surface area contributed by atoms with Crippen molar-refractivity contribution in [1.82, 2.24) is 5.32 Å². The average molecular weight is 225 g/mol. The molecule has 0 saturated carbocycles. The van der Waals surface area contributed by atoms with Crippen LogP contribution in [-0.2, 0) is 4.79 Å². The number of thioether (sulfide) groups is 1. The molecule has 1 fully saturated rings. The molecule has 0 unspecified atom stereocenters. The van der Waals surface area contributed by atoms with E-state index in [1.54, 1.807) is 0 Å². The van der Waals surface area contributed by atoms with Crippen LogP contribution in [0.2, 0.25) is 0 Å². The maximum Gasteiger partial charge on any atom is 0.263 e. The molecule has 1 aliphatic carbocycles. The first-order valence-electron chi connectivity index (χ1n) is 4.65. The largest absolute Gasteiger partial charge is 0.307 e. The summed E-state index contributed by atoms with van der Waals surface area (Å²) in [6.45, 7) is 0. The number of thiocarbonyl (C=S) groups is 1. The van der Waals surface area contributed by atoms with Crippen LogP contribution in [0.1, 0.15) is 19.3 Å². The number of nitrogens with one attached hydrogen (secondary N) is 1. The molecule has 1 saturated heterocycles. The Labute approximate surface area is 92.8 Å². The lowest BCUT2D eigenvalue weighted by molar-refractivity contribution is -0.115. The zero-order valence-corrected chi connectivity index (χ0v) is 9.29. The summed E-state index contributed by atoms with van der Waals surface area (Å²) in [6, 6.07) is 0. The number of rotatable bonds is 1. The van der Waals surface area contributed by atoms with Crippen LogP contribution < -0.4 is 5.32 Å². The molecule has 2 rings (SSSR count). The molecule has 2 nitrogen and oxygen atoms in total. The Morgan fingerprint density at radius 2 is 2.43 bits per heavy atom. The predicted molar refractivity (Wildman–Crippen MR) is 62.9 cm³/mol. The van der Waals surface area contributed by atoms with Crippen LogP contribution in [0, 0.1) is 5.92 Å². The molecule has 4 heteroatoms. The summed E-state index contributed by atoms with van der Waals surface area (Å²) in [4.78, 5) is 12.1. The minimum Gasteiger partial charge on any atom is -0.307 e. The van der Waals surface area contributed by atoms with Gasteiger partial charge in [-0.3, -0.25) is 4.79 Å². The smallest absolute Gasteiger partial charge is 0.263 e. The predicted octanol–water partition coefficient (Wildman–Crippen LogP) is 2.37. The van der Waals surface area contributed by atoms with Crippen LogP contribution in [0.25, 0.3) is 0 Å². The van der Waals surface area contributed by atoms with Gasteiger partial charge in [-0.15, -0.1) is 0 Å². The Kier molecular flexibility index (Phi) is 3.03. The van der Waals surface area contributed by atoms with Crippen molar-refractivity contribution < 1.29 is 4.79 Å². The van der Waals surface area contributed by atoms with Gasteiger partial charge in [0.1, 0.15) is 4.32 Å². The maximum atomic E-state index is 11.4. The van der Waals surface area contributed by atoms with Gasteiger partial charge in [-0.25, -0.2) is 0 Å². The highest BCUT2D eigenvalue weighted by molar-refractivity contribution is 8.26. The van der Waals surface area contributed by atoms with E-state index in [1.807, 2.05) is 0 Å². The number of hydrogen-bond donors (Lipinski definition) is 1. The van der Waals surface area contributed by atoms with Crippen LogP contribution in [0.3, 0.4) is 0 Å². The first-order chi connectivity index (χ1) is 6.75. The zero-order chi connectivity index (χ0) is 9.97. The Balaban J connectivity index is 2.06. The van der Waals surface area contributed by atoms with E-state index in [2.05, 4.69) is 23.5 Å². The summed E-state index contributed by atoms with van der Waals surface area (Å²) in [7, 11) is 0. The topological polar surface area (TPSA) is 29.1 Å². The maximum absolute atomic E-state index is 11.4. The summed E-state index contributed by atoms with van der Waals surface area (Å²) in [5, 5.41) is 2.63. The second-order valence-electron chi connectivity index (χ2n) is 3.42. The highest BCUT2D eigenvalue weighted by Gasteiger charge is 2.23. The molecule has 74 valence electrons. The third-order valence-corrected chi connectivity index (χ3v) is 3.52. The van der Waals surface area contributed by atoms with Gasteiger partial charge >= 0.3 is 0 Å². The van der Waals surface area contributed by atoms with E-state index in [9.17, 15) is 4.79 Å². The quantitative estimate of drug-likeness (QED) is 0.422. The molecular formula is C10H11NOS2. The molecule has 14 heavy (non-hydrogen) atoms. The van der Waals surface area contributed by atoms with E-state index < -0.39 is 0 Å². The van der Waals surface area contributed by atoms with E-state index >= 15 is 0 Å². The normalized spacial score (nSPS) is 29.7. The van der Waals surface area contributed by atoms with Gasteiger partial charge in [-0.1, -0.05) is 42.2 Å². The van der Waals surface area contributed by atoms with E-state index in [4.69, 9.17) is 12.2 Å². The van der Waals surface area contributed by atoms with Crippen molar-refractivity contribution in [3.05, 3.63) is 23.1 Å². The molecule has 1 N–H and O–H groups in total. The Morgan fingerprint density at radius 3 is 3.00 bits per heavy atom. The van der Waals surface area contributed by atoms with Crippen molar-refractivity contribution in [2.75, 3.05) is 0 Å². The first kappa shape index (κ1) is 9.93. The fourth-order valence-electron chi connectivity index (χ4n) is 1.62. The minimum atomic E-state index is -0.0328. The molecule has 1 atom stereocenters. The number of carbonyl (C=O) groups excluding carboxylic acids is 1. The second kappa shape index (κ2) is 4.28. The lowest BCUT2D eigenvalue weighted by Gasteiger charge is -2.13. The van der Waals surface area contributed by atoms with Crippen LogP contribution in [-0.4, -0.2) is 10.2 Å². The third-order valence-electron chi connectivity index (χ3n) is 2.34. The van der Waals surface area contributed by atoms with Crippen LogP contribution in [0.4, 0.5) is 0 Å². The zero-order valence-electron chi connectivity index (χ0n) is 7.66. The van der Waals surface area contributed by atoms with Crippen molar-refractivity contribution >= 4 is 34.2 Å². The summed E-state index contributed by atoms with van der Waals surface area (Å²) >= 11 is 6.29.